The summed E-state index contributed by atoms with van der Waals surface area (Å²) in [5.74, 6) is 0.536. The van der Waals surface area contributed by atoms with Crippen LogP contribution in [0.25, 0.3) is 6.08 Å². The van der Waals surface area contributed by atoms with E-state index in [1.807, 2.05) is 24.0 Å². The minimum atomic E-state index is -0.350. The Kier molecular flexibility index (Phi) is 5.17. The second-order valence-electron chi connectivity index (χ2n) is 5.20. The zero-order valence-corrected chi connectivity index (χ0v) is 15.2. The normalized spacial score (nSPS) is 16.7. The predicted molar refractivity (Wildman–Crippen MR) is 97.6 cm³/mol. The molecule has 6 nitrogen and oxygen atoms in total. The van der Waals surface area contributed by atoms with Gasteiger partial charge in [-0.15, -0.1) is 22.7 Å². The molecule has 24 heavy (non-hydrogen) atoms. The van der Waals surface area contributed by atoms with Gasteiger partial charge < -0.3 is 10.2 Å². The van der Waals surface area contributed by atoms with Crippen molar-refractivity contribution in [3.05, 3.63) is 65.1 Å². The molecule has 1 fully saturated rings. The van der Waals surface area contributed by atoms with E-state index in [0.29, 0.717) is 29.9 Å². The standard InChI is InChI=1S/C15H15ClN4O2S2/c1-10-2-3-11(23-10)4-5-13(20(21)22)14-17-6-7-19(14)9-12-8-18-15(16)24-12/h2-5,8,17H,6-7,9H2,1H3/b5-4+,14-13+. The molecule has 0 aromatic carbocycles. The number of aryl methyl sites for hydroxylation is 1. The highest BCUT2D eigenvalue weighted by atomic mass is 35.5. The van der Waals surface area contributed by atoms with Crippen LogP contribution in [0.15, 0.2) is 35.9 Å². The third-order valence-electron chi connectivity index (χ3n) is 3.47. The summed E-state index contributed by atoms with van der Waals surface area (Å²) >= 11 is 8.85. The van der Waals surface area contributed by atoms with Crippen LogP contribution in [-0.4, -0.2) is 27.9 Å². The van der Waals surface area contributed by atoms with E-state index < -0.39 is 0 Å². The molecule has 0 aliphatic carbocycles. The summed E-state index contributed by atoms with van der Waals surface area (Å²) < 4.78 is 0.477. The molecule has 0 bridgehead atoms. The number of allylic oxidation sites excluding steroid dienone is 1. The van der Waals surface area contributed by atoms with Crippen LogP contribution >= 0.6 is 34.3 Å². The van der Waals surface area contributed by atoms with Crippen molar-refractivity contribution in [3.63, 3.8) is 0 Å². The largest absolute Gasteiger partial charge is 0.364 e. The van der Waals surface area contributed by atoms with E-state index in [-0.39, 0.29) is 10.6 Å². The fourth-order valence-electron chi connectivity index (χ4n) is 2.42. The van der Waals surface area contributed by atoms with Gasteiger partial charge in [0.25, 0.3) is 0 Å². The number of thiophene rings is 1. The van der Waals surface area contributed by atoms with Crippen molar-refractivity contribution in [2.75, 3.05) is 13.1 Å². The molecule has 3 rings (SSSR count). The predicted octanol–water partition coefficient (Wildman–Crippen LogP) is 3.73. The van der Waals surface area contributed by atoms with Gasteiger partial charge in [-0.1, -0.05) is 11.6 Å². The summed E-state index contributed by atoms with van der Waals surface area (Å²) in [7, 11) is 0. The lowest BCUT2D eigenvalue weighted by molar-refractivity contribution is -0.421. The van der Waals surface area contributed by atoms with Crippen molar-refractivity contribution >= 4 is 40.4 Å². The van der Waals surface area contributed by atoms with Crippen LogP contribution in [0, 0.1) is 17.0 Å². The van der Waals surface area contributed by atoms with Crippen LogP contribution in [0.1, 0.15) is 14.6 Å². The van der Waals surface area contributed by atoms with Crippen LogP contribution in [0.2, 0.25) is 4.47 Å². The summed E-state index contributed by atoms with van der Waals surface area (Å²) in [4.78, 5) is 20.3. The van der Waals surface area contributed by atoms with Gasteiger partial charge in [0.05, 0.1) is 11.5 Å². The lowest BCUT2D eigenvalue weighted by Crippen LogP contribution is -2.22. The Morgan fingerprint density at radius 1 is 1.54 bits per heavy atom. The van der Waals surface area contributed by atoms with E-state index in [4.69, 9.17) is 11.6 Å². The smallest absolute Gasteiger partial charge is 0.309 e. The second-order valence-corrected chi connectivity index (χ2v) is 8.22. The van der Waals surface area contributed by atoms with Gasteiger partial charge in [0.2, 0.25) is 0 Å². The van der Waals surface area contributed by atoms with Crippen LogP contribution in [-0.2, 0) is 6.54 Å². The number of nitro groups is 1. The zero-order valence-electron chi connectivity index (χ0n) is 12.9. The fraction of sp³-hybridized carbons (Fsp3) is 0.267. The molecular formula is C15H15ClN4O2S2. The third kappa shape index (κ3) is 3.95. The number of aromatic nitrogens is 1. The molecular weight excluding hydrogens is 368 g/mol. The summed E-state index contributed by atoms with van der Waals surface area (Å²) in [6.07, 6.45) is 5.05. The van der Waals surface area contributed by atoms with Gasteiger partial charge in [-0.2, -0.15) is 0 Å². The molecule has 1 aliphatic rings. The average molecular weight is 383 g/mol. The lowest BCUT2D eigenvalue weighted by Gasteiger charge is -2.16. The highest BCUT2D eigenvalue weighted by molar-refractivity contribution is 7.15. The quantitative estimate of drug-likeness (QED) is 0.630. The Morgan fingerprint density at radius 3 is 3.00 bits per heavy atom. The Balaban J connectivity index is 1.85. The van der Waals surface area contributed by atoms with Crippen LogP contribution in [0.4, 0.5) is 0 Å². The van der Waals surface area contributed by atoms with Gasteiger partial charge in [0, 0.05) is 40.0 Å². The van der Waals surface area contributed by atoms with Gasteiger partial charge >= 0.3 is 5.70 Å². The van der Waals surface area contributed by atoms with Crippen molar-refractivity contribution < 1.29 is 4.92 Å². The summed E-state index contributed by atoms with van der Waals surface area (Å²) in [5, 5.41) is 14.6. The summed E-state index contributed by atoms with van der Waals surface area (Å²) in [6, 6.07) is 3.95. The number of hydrogen-bond donors (Lipinski definition) is 1. The lowest BCUT2D eigenvalue weighted by atomic mass is 10.3. The zero-order chi connectivity index (χ0) is 17.1. The number of halogens is 1. The molecule has 0 radical (unpaired) electrons. The van der Waals surface area contributed by atoms with E-state index in [1.54, 1.807) is 29.7 Å². The van der Waals surface area contributed by atoms with Crippen LogP contribution in [0.5, 0.6) is 0 Å². The first-order valence-corrected chi connectivity index (χ1v) is 9.26. The summed E-state index contributed by atoms with van der Waals surface area (Å²) in [6.45, 7) is 3.94. The molecule has 0 unspecified atom stereocenters. The average Bonchev–Trinajstić information content (AvgIpc) is 3.23. The maximum absolute atomic E-state index is 11.5. The van der Waals surface area contributed by atoms with Gasteiger partial charge in [0.1, 0.15) is 0 Å². The molecule has 0 atom stereocenters. The van der Waals surface area contributed by atoms with Crippen molar-refractivity contribution in [2.45, 2.75) is 13.5 Å². The minimum Gasteiger partial charge on any atom is -0.364 e. The first-order valence-electron chi connectivity index (χ1n) is 7.25. The molecule has 1 aliphatic heterocycles. The van der Waals surface area contributed by atoms with Gasteiger partial charge in [-0.3, -0.25) is 10.1 Å². The van der Waals surface area contributed by atoms with Crippen molar-refractivity contribution in [2.24, 2.45) is 0 Å². The summed E-state index contributed by atoms with van der Waals surface area (Å²) in [5.41, 5.74) is 0.0640. The van der Waals surface area contributed by atoms with E-state index in [1.165, 1.54) is 16.2 Å². The Morgan fingerprint density at radius 2 is 2.38 bits per heavy atom. The molecule has 2 aromatic rings. The van der Waals surface area contributed by atoms with Gasteiger partial charge in [-0.05, 0) is 25.1 Å². The molecule has 2 aromatic heterocycles. The van der Waals surface area contributed by atoms with Crippen molar-refractivity contribution in [1.29, 1.82) is 0 Å². The maximum Gasteiger partial charge on any atom is 0.309 e. The topological polar surface area (TPSA) is 71.3 Å². The number of nitrogens with zero attached hydrogens (tertiary/aromatic N) is 3. The first kappa shape index (κ1) is 16.9. The molecule has 9 heteroatoms. The van der Waals surface area contributed by atoms with E-state index in [9.17, 15) is 10.1 Å². The Hall–Kier alpha value is -1.90. The Labute approximate surface area is 152 Å². The number of hydrogen-bond acceptors (Lipinski definition) is 7. The van der Waals surface area contributed by atoms with Crippen LogP contribution < -0.4 is 5.32 Å². The van der Waals surface area contributed by atoms with Gasteiger partial charge in [-0.25, -0.2) is 4.98 Å². The second kappa shape index (κ2) is 7.33. The Bertz CT molecular complexity index is 812. The molecule has 0 spiro atoms. The molecule has 3 heterocycles. The van der Waals surface area contributed by atoms with Crippen LogP contribution in [0.3, 0.4) is 0 Å². The maximum atomic E-state index is 11.5. The highest BCUT2D eigenvalue weighted by Gasteiger charge is 2.26. The number of nitrogens with one attached hydrogen (secondary N) is 1. The molecule has 1 N–H and O–H groups in total. The first-order chi connectivity index (χ1) is 11.5. The third-order valence-corrected chi connectivity index (χ3v) is 5.53. The molecule has 126 valence electrons. The monoisotopic (exact) mass is 382 g/mol. The fourth-order valence-corrected chi connectivity index (χ4v) is 4.19. The highest BCUT2D eigenvalue weighted by Crippen LogP contribution is 2.24. The SMILES string of the molecule is Cc1ccc(/C=C/C(=C2/NCCN2Cc2cnc(Cl)s2)[N+](=O)[O-])s1. The number of rotatable bonds is 5. The van der Waals surface area contributed by atoms with E-state index in [2.05, 4.69) is 10.3 Å². The minimum absolute atomic E-state index is 0.0640. The van der Waals surface area contributed by atoms with E-state index in [0.717, 1.165) is 9.75 Å². The van der Waals surface area contributed by atoms with Crippen molar-refractivity contribution in [3.8, 4) is 0 Å². The molecule has 0 saturated carbocycles. The van der Waals surface area contributed by atoms with Crippen molar-refractivity contribution in [1.82, 2.24) is 15.2 Å². The van der Waals surface area contributed by atoms with E-state index >= 15 is 0 Å². The number of thiazole rings is 1. The molecule has 1 saturated heterocycles. The molecule has 0 amide bonds. The van der Waals surface area contributed by atoms with Gasteiger partial charge in [0.15, 0.2) is 10.3 Å².